The van der Waals surface area contributed by atoms with E-state index in [0.29, 0.717) is 13.0 Å². The second-order valence-electron chi connectivity index (χ2n) is 3.48. The van der Waals surface area contributed by atoms with Gasteiger partial charge in [-0.2, -0.15) is 0 Å². The van der Waals surface area contributed by atoms with Crippen molar-refractivity contribution in [1.29, 1.82) is 0 Å². The number of carbonyl (C=O) groups is 1. The van der Waals surface area contributed by atoms with Crippen LogP contribution in [0, 0.1) is 0 Å². The van der Waals surface area contributed by atoms with Crippen molar-refractivity contribution in [2.24, 2.45) is 11.5 Å². The SMILES string of the molecule is NC[C@@H](N)c1ccc(CCC(=O)O)cc1. The molecule has 0 aliphatic rings. The summed E-state index contributed by atoms with van der Waals surface area (Å²) in [7, 11) is 0. The summed E-state index contributed by atoms with van der Waals surface area (Å²) in [5.74, 6) is -0.780. The van der Waals surface area contributed by atoms with Gasteiger partial charge in [0.25, 0.3) is 0 Å². The second kappa shape index (κ2) is 5.48. The molecule has 0 aliphatic heterocycles. The molecule has 0 heterocycles. The van der Waals surface area contributed by atoms with Crippen molar-refractivity contribution in [1.82, 2.24) is 0 Å². The van der Waals surface area contributed by atoms with Crippen LogP contribution in [0.2, 0.25) is 0 Å². The molecule has 0 unspecified atom stereocenters. The van der Waals surface area contributed by atoms with Crippen molar-refractivity contribution >= 4 is 5.97 Å². The van der Waals surface area contributed by atoms with Crippen molar-refractivity contribution in [3.63, 3.8) is 0 Å². The van der Waals surface area contributed by atoms with Crippen LogP contribution in [-0.4, -0.2) is 17.6 Å². The van der Waals surface area contributed by atoms with E-state index < -0.39 is 5.97 Å². The van der Waals surface area contributed by atoms with Gasteiger partial charge in [0.05, 0.1) is 0 Å². The monoisotopic (exact) mass is 208 g/mol. The van der Waals surface area contributed by atoms with Crippen molar-refractivity contribution in [2.45, 2.75) is 18.9 Å². The molecule has 0 saturated heterocycles. The molecule has 0 spiro atoms. The first-order valence-electron chi connectivity index (χ1n) is 4.89. The van der Waals surface area contributed by atoms with E-state index in [2.05, 4.69) is 0 Å². The van der Waals surface area contributed by atoms with Gasteiger partial charge < -0.3 is 16.6 Å². The first kappa shape index (κ1) is 11.7. The fourth-order valence-corrected chi connectivity index (χ4v) is 1.32. The van der Waals surface area contributed by atoms with Crippen LogP contribution in [0.1, 0.15) is 23.6 Å². The molecule has 0 radical (unpaired) electrons. The van der Waals surface area contributed by atoms with E-state index in [1.165, 1.54) is 0 Å². The molecule has 4 nitrogen and oxygen atoms in total. The number of aryl methyl sites for hydroxylation is 1. The van der Waals surface area contributed by atoms with Gasteiger partial charge in [0.1, 0.15) is 0 Å². The summed E-state index contributed by atoms with van der Waals surface area (Å²) < 4.78 is 0. The Balaban J connectivity index is 2.60. The number of carboxylic acids is 1. The highest BCUT2D eigenvalue weighted by molar-refractivity contribution is 5.67. The molecule has 1 atom stereocenters. The lowest BCUT2D eigenvalue weighted by molar-refractivity contribution is -0.136. The number of rotatable bonds is 5. The summed E-state index contributed by atoms with van der Waals surface area (Å²) >= 11 is 0. The molecule has 0 saturated carbocycles. The molecule has 1 aromatic carbocycles. The maximum atomic E-state index is 10.4. The lowest BCUT2D eigenvalue weighted by Gasteiger charge is -2.09. The highest BCUT2D eigenvalue weighted by atomic mass is 16.4. The van der Waals surface area contributed by atoms with Crippen molar-refractivity contribution in [3.05, 3.63) is 35.4 Å². The maximum absolute atomic E-state index is 10.4. The smallest absolute Gasteiger partial charge is 0.303 e. The number of benzene rings is 1. The molecular formula is C11H16N2O2. The Kier molecular flexibility index (Phi) is 4.27. The number of hydrogen-bond donors (Lipinski definition) is 3. The third kappa shape index (κ3) is 3.69. The van der Waals surface area contributed by atoms with Gasteiger partial charge in [-0.05, 0) is 17.5 Å². The van der Waals surface area contributed by atoms with Gasteiger partial charge in [-0.3, -0.25) is 4.79 Å². The average molecular weight is 208 g/mol. The number of aliphatic carboxylic acids is 1. The van der Waals surface area contributed by atoms with Gasteiger partial charge in [-0.15, -0.1) is 0 Å². The fraction of sp³-hybridized carbons (Fsp3) is 0.364. The summed E-state index contributed by atoms with van der Waals surface area (Å²) in [6, 6.07) is 7.45. The highest BCUT2D eigenvalue weighted by Crippen LogP contribution is 2.11. The molecule has 0 fully saturated rings. The van der Waals surface area contributed by atoms with Crippen molar-refractivity contribution in [2.75, 3.05) is 6.54 Å². The van der Waals surface area contributed by atoms with E-state index in [1.807, 2.05) is 24.3 Å². The predicted octanol–water partition coefficient (Wildman–Crippen LogP) is 0.662. The first-order valence-corrected chi connectivity index (χ1v) is 4.89. The molecule has 15 heavy (non-hydrogen) atoms. The van der Waals surface area contributed by atoms with Crippen LogP contribution in [0.3, 0.4) is 0 Å². The van der Waals surface area contributed by atoms with Gasteiger partial charge in [-0.1, -0.05) is 24.3 Å². The minimum Gasteiger partial charge on any atom is -0.481 e. The van der Waals surface area contributed by atoms with Gasteiger partial charge in [-0.25, -0.2) is 0 Å². The van der Waals surface area contributed by atoms with Crippen LogP contribution in [-0.2, 0) is 11.2 Å². The molecule has 4 heteroatoms. The zero-order valence-corrected chi connectivity index (χ0v) is 8.52. The number of hydrogen-bond acceptors (Lipinski definition) is 3. The molecular weight excluding hydrogens is 192 g/mol. The Hall–Kier alpha value is -1.39. The van der Waals surface area contributed by atoms with E-state index in [0.717, 1.165) is 11.1 Å². The van der Waals surface area contributed by atoms with Gasteiger partial charge in [0.15, 0.2) is 0 Å². The largest absolute Gasteiger partial charge is 0.481 e. The summed E-state index contributed by atoms with van der Waals surface area (Å²) in [6.45, 7) is 0.411. The van der Waals surface area contributed by atoms with Gasteiger partial charge in [0, 0.05) is 19.0 Å². The van der Waals surface area contributed by atoms with E-state index >= 15 is 0 Å². The summed E-state index contributed by atoms with van der Waals surface area (Å²) in [4.78, 5) is 10.4. The molecule has 0 amide bonds. The van der Waals surface area contributed by atoms with Crippen LogP contribution < -0.4 is 11.5 Å². The van der Waals surface area contributed by atoms with Crippen LogP contribution in [0.5, 0.6) is 0 Å². The molecule has 0 aliphatic carbocycles. The molecule has 0 aromatic heterocycles. The predicted molar refractivity (Wildman–Crippen MR) is 58.4 cm³/mol. The van der Waals surface area contributed by atoms with E-state index in [1.54, 1.807) is 0 Å². The van der Waals surface area contributed by atoms with Crippen LogP contribution in [0.4, 0.5) is 0 Å². The van der Waals surface area contributed by atoms with Crippen LogP contribution in [0.15, 0.2) is 24.3 Å². The normalized spacial score (nSPS) is 12.4. The lowest BCUT2D eigenvalue weighted by atomic mass is 10.0. The molecule has 1 aromatic rings. The highest BCUT2D eigenvalue weighted by Gasteiger charge is 2.03. The Labute approximate surface area is 88.9 Å². The maximum Gasteiger partial charge on any atom is 0.303 e. The van der Waals surface area contributed by atoms with Crippen molar-refractivity contribution in [3.8, 4) is 0 Å². The Morgan fingerprint density at radius 1 is 1.33 bits per heavy atom. The van der Waals surface area contributed by atoms with Crippen LogP contribution >= 0.6 is 0 Å². The van der Waals surface area contributed by atoms with Gasteiger partial charge in [0.2, 0.25) is 0 Å². The minimum atomic E-state index is -0.780. The second-order valence-corrected chi connectivity index (χ2v) is 3.48. The standard InChI is InChI=1S/C11H16N2O2/c12-7-10(13)9-4-1-8(2-5-9)3-6-11(14)15/h1-2,4-5,10H,3,6-7,12-13H2,(H,14,15)/t10-/m1/s1. The fourth-order valence-electron chi connectivity index (χ4n) is 1.32. The Bertz CT molecular complexity index is 322. The zero-order chi connectivity index (χ0) is 11.3. The molecule has 82 valence electrons. The Morgan fingerprint density at radius 3 is 2.40 bits per heavy atom. The quantitative estimate of drug-likeness (QED) is 0.663. The van der Waals surface area contributed by atoms with E-state index in [-0.39, 0.29) is 12.5 Å². The Morgan fingerprint density at radius 2 is 1.93 bits per heavy atom. The average Bonchev–Trinajstić information content (AvgIpc) is 2.26. The lowest BCUT2D eigenvalue weighted by Crippen LogP contribution is -2.20. The third-order valence-electron chi connectivity index (χ3n) is 2.29. The third-order valence-corrected chi connectivity index (χ3v) is 2.29. The van der Waals surface area contributed by atoms with Gasteiger partial charge >= 0.3 is 5.97 Å². The summed E-state index contributed by atoms with van der Waals surface area (Å²) in [5, 5.41) is 8.52. The number of nitrogens with two attached hydrogens (primary N) is 2. The van der Waals surface area contributed by atoms with E-state index in [4.69, 9.17) is 16.6 Å². The first-order chi connectivity index (χ1) is 7.13. The molecule has 1 rings (SSSR count). The topological polar surface area (TPSA) is 89.3 Å². The summed E-state index contributed by atoms with van der Waals surface area (Å²) in [5.41, 5.74) is 13.2. The van der Waals surface area contributed by atoms with Crippen molar-refractivity contribution < 1.29 is 9.90 Å². The summed E-state index contributed by atoms with van der Waals surface area (Å²) in [6.07, 6.45) is 0.704. The molecule has 0 bridgehead atoms. The minimum absolute atomic E-state index is 0.140. The number of carboxylic acid groups (broad SMARTS) is 1. The zero-order valence-electron chi connectivity index (χ0n) is 8.52. The van der Waals surface area contributed by atoms with Crippen LogP contribution in [0.25, 0.3) is 0 Å². The van der Waals surface area contributed by atoms with E-state index in [9.17, 15) is 4.79 Å². The molecule has 5 N–H and O–H groups in total.